The Morgan fingerprint density at radius 3 is 2.79 bits per heavy atom. The fourth-order valence-corrected chi connectivity index (χ4v) is 2.33. The standard InChI is InChI=1S/C13H18N4O2/c1-4-14-13(19)17-12-15-8(3)11-9(16-12)5-7(2)6-10(11)18/h7H,4-6H2,1-3H3,(H2,14,15,16,17,19)/t7-/m0/s1. The molecule has 6 nitrogen and oxygen atoms in total. The van der Waals surface area contributed by atoms with Gasteiger partial charge in [0.15, 0.2) is 5.78 Å². The van der Waals surface area contributed by atoms with Gasteiger partial charge in [0.2, 0.25) is 5.95 Å². The van der Waals surface area contributed by atoms with Crippen molar-refractivity contribution in [1.82, 2.24) is 15.3 Å². The molecule has 0 saturated heterocycles. The normalized spacial score (nSPS) is 17.8. The molecule has 1 aliphatic carbocycles. The van der Waals surface area contributed by atoms with Crippen molar-refractivity contribution in [2.75, 3.05) is 11.9 Å². The summed E-state index contributed by atoms with van der Waals surface area (Å²) in [5, 5.41) is 5.19. The highest BCUT2D eigenvalue weighted by atomic mass is 16.2. The molecule has 0 aromatic carbocycles. The van der Waals surface area contributed by atoms with E-state index >= 15 is 0 Å². The highest BCUT2D eigenvalue weighted by molar-refractivity contribution is 5.99. The number of aromatic nitrogens is 2. The van der Waals surface area contributed by atoms with Crippen molar-refractivity contribution in [3.63, 3.8) is 0 Å². The van der Waals surface area contributed by atoms with Crippen LogP contribution in [0.5, 0.6) is 0 Å². The molecule has 1 aromatic rings. The Hall–Kier alpha value is -1.98. The van der Waals surface area contributed by atoms with Gasteiger partial charge in [0.1, 0.15) is 0 Å². The van der Waals surface area contributed by atoms with Crippen LogP contribution in [0, 0.1) is 12.8 Å². The van der Waals surface area contributed by atoms with E-state index in [1.807, 2.05) is 13.8 Å². The van der Waals surface area contributed by atoms with Crippen molar-refractivity contribution in [2.24, 2.45) is 5.92 Å². The Kier molecular flexibility index (Phi) is 3.78. The maximum atomic E-state index is 12.0. The van der Waals surface area contributed by atoms with Gasteiger partial charge in [-0.15, -0.1) is 0 Å². The first-order chi connectivity index (χ1) is 9.01. The fraction of sp³-hybridized carbons (Fsp3) is 0.538. The molecular weight excluding hydrogens is 244 g/mol. The minimum atomic E-state index is -0.336. The van der Waals surface area contributed by atoms with Gasteiger partial charge in [0, 0.05) is 13.0 Å². The molecule has 0 aliphatic heterocycles. The first-order valence-electron chi connectivity index (χ1n) is 6.46. The van der Waals surface area contributed by atoms with Crippen molar-refractivity contribution >= 4 is 17.8 Å². The third-order valence-electron chi connectivity index (χ3n) is 3.08. The van der Waals surface area contributed by atoms with Crippen LogP contribution in [0.3, 0.4) is 0 Å². The largest absolute Gasteiger partial charge is 0.338 e. The molecule has 0 bridgehead atoms. The van der Waals surface area contributed by atoms with Gasteiger partial charge in [0.05, 0.1) is 17.0 Å². The number of urea groups is 1. The number of nitrogens with one attached hydrogen (secondary N) is 2. The smallest absolute Gasteiger partial charge is 0.321 e. The molecule has 2 amide bonds. The number of nitrogens with zero attached hydrogens (tertiary/aromatic N) is 2. The Morgan fingerprint density at radius 1 is 1.37 bits per heavy atom. The van der Waals surface area contributed by atoms with E-state index in [1.54, 1.807) is 6.92 Å². The van der Waals surface area contributed by atoms with Crippen LogP contribution in [0.15, 0.2) is 0 Å². The number of aryl methyl sites for hydroxylation is 1. The average molecular weight is 262 g/mol. The van der Waals surface area contributed by atoms with Gasteiger partial charge in [-0.2, -0.15) is 0 Å². The quantitative estimate of drug-likeness (QED) is 0.849. The van der Waals surface area contributed by atoms with Crippen molar-refractivity contribution in [2.45, 2.75) is 33.6 Å². The molecule has 0 saturated carbocycles. The molecule has 0 fully saturated rings. The molecule has 1 aliphatic rings. The van der Waals surface area contributed by atoms with Crippen molar-refractivity contribution in [3.8, 4) is 0 Å². The average Bonchev–Trinajstić information content (AvgIpc) is 2.26. The van der Waals surface area contributed by atoms with E-state index in [-0.39, 0.29) is 23.7 Å². The molecule has 6 heteroatoms. The van der Waals surface area contributed by atoms with Crippen LogP contribution < -0.4 is 10.6 Å². The number of carbonyl (C=O) groups is 2. The van der Waals surface area contributed by atoms with E-state index in [9.17, 15) is 9.59 Å². The van der Waals surface area contributed by atoms with Gasteiger partial charge < -0.3 is 5.32 Å². The Balaban J connectivity index is 2.30. The summed E-state index contributed by atoms with van der Waals surface area (Å²) in [6, 6.07) is -0.336. The summed E-state index contributed by atoms with van der Waals surface area (Å²) in [4.78, 5) is 31.9. The number of anilines is 1. The van der Waals surface area contributed by atoms with Crippen LogP contribution in [0.2, 0.25) is 0 Å². The van der Waals surface area contributed by atoms with Gasteiger partial charge in [-0.05, 0) is 26.2 Å². The lowest BCUT2D eigenvalue weighted by atomic mass is 9.86. The molecule has 102 valence electrons. The molecule has 0 unspecified atom stereocenters. The predicted octanol–water partition coefficient (Wildman–Crippen LogP) is 1.69. The van der Waals surface area contributed by atoms with Gasteiger partial charge in [0.25, 0.3) is 0 Å². The zero-order valence-electron chi connectivity index (χ0n) is 11.4. The van der Waals surface area contributed by atoms with Crippen molar-refractivity contribution < 1.29 is 9.59 Å². The monoisotopic (exact) mass is 262 g/mol. The van der Waals surface area contributed by atoms with Crippen LogP contribution in [0.25, 0.3) is 0 Å². The van der Waals surface area contributed by atoms with E-state index in [0.717, 1.165) is 12.1 Å². The maximum Gasteiger partial charge on any atom is 0.321 e. The summed E-state index contributed by atoms with van der Waals surface area (Å²) in [6.45, 7) is 6.16. The molecule has 2 N–H and O–H groups in total. The molecule has 2 rings (SSSR count). The fourth-order valence-electron chi connectivity index (χ4n) is 2.33. The van der Waals surface area contributed by atoms with Gasteiger partial charge in [-0.1, -0.05) is 6.92 Å². The second-order valence-corrected chi connectivity index (χ2v) is 4.88. The lowest BCUT2D eigenvalue weighted by Gasteiger charge is -2.21. The number of amides is 2. The molecule has 1 atom stereocenters. The van der Waals surface area contributed by atoms with Crippen molar-refractivity contribution in [3.05, 3.63) is 17.0 Å². The zero-order valence-corrected chi connectivity index (χ0v) is 11.4. The summed E-state index contributed by atoms with van der Waals surface area (Å²) in [5.74, 6) is 0.631. The highest BCUT2D eigenvalue weighted by Crippen LogP contribution is 2.26. The summed E-state index contributed by atoms with van der Waals surface area (Å²) >= 11 is 0. The number of hydrogen-bond donors (Lipinski definition) is 2. The lowest BCUT2D eigenvalue weighted by Crippen LogP contribution is -2.30. The summed E-state index contributed by atoms with van der Waals surface area (Å²) in [5.41, 5.74) is 2.00. The van der Waals surface area contributed by atoms with Gasteiger partial charge in [-0.25, -0.2) is 14.8 Å². The van der Waals surface area contributed by atoms with Crippen LogP contribution in [0.1, 0.15) is 42.0 Å². The Labute approximate surface area is 112 Å². The second kappa shape index (κ2) is 5.34. The van der Waals surface area contributed by atoms with Gasteiger partial charge >= 0.3 is 6.03 Å². The van der Waals surface area contributed by atoms with Crippen molar-refractivity contribution in [1.29, 1.82) is 0 Å². The summed E-state index contributed by atoms with van der Waals surface area (Å²) in [7, 11) is 0. The minimum absolute atomic E-state index is 0.0933. The van der Waals surface area contributed by atoms with Crippen LogP contribution in [-0.2, 0) is 6.42 Å². The number of ketones is 1. The molecule has 0 radical (unpaired) electrons. The first-order valence-corrected chi connectivity index (χ1v) is 6.46. The molecule has 1 aromatic heterocycles. The third-order valence-corrected chi connectivity index (χ3v) is 3.08. The molecular formula is C13H18N4O2. The first kappa shape index (κ1) is 13.5. The summed E-state index contributed by atoms with van der Waals surface area (Å²) < 4.78 is 0. The van der Waals surface area contributed by atoms with E-state index in [4.69, 9.17) is 0 Å². The number of hydrogen-bond acceptors (Lipinski definition) is 4. The minimum Gasteiger partial charge on any atom is -0.338 e. The number of Topliss-reactive ketones (excluding diaryl/α,β-unsaturated/α-hetero) is 1. The molecule has 19 heavy (non-hydrogen) atoms. The lowest BCUT2D eigenvalue weighted by molar-refractivity contribution is 0.0951. The van der Waals surface area contributed by atoms with Gasteiger partial charge in [-0.3, -0.25) is 10.1 Å². The Bertz CT molecular complexity index is 528. The molecule has 0 spiro atoms. The maximum absolute atomic E-state index is 12.0. The Morgan fingerprint density at radius 2 is 2.11 bits per heavy atom. The van der Waals surface area contributed by atoms with Crippen LogP contribution in [-0.4, -0.2) is 28.3 Å². The SMILES string of the molecule is CCNC(=O)Nc1nc(C)c2c(n1)C[C@H](C)CC2=O. The van der Waals surface area contributed by atoms with Crippen LogP contribution in [0.4, 0.5) is 10.7 Å². The van der Waals surface area contributed by atoms with E-state index in [0.29, 0.717) is 24.2 Å². The molecule has 1 heterocycles. The number of rotatable bonds is 2. The summed E-state index contributed by atoms with van der Waals surface area (Å²) in [6.07, 6.45) is 1.29. The highest BCUT2D eigenvalue weighted by Gasteiger charge is 2.26. The topological polar surface area (TPSA) is 84.0 Å². The van der Waals surface area contributed by atoms with E-state index in [1.165, 1.54) is 0 Å². The van der Waals surface area contributed by atoms with E-state index < -0.39 is 0 Å². The van der Waals surface area contributed by atoms with Crippen LogP contribution >= 0.6 is 0 Å². The predicted molar refractivity (Wildman–Crippen MR) is 71.3 cm³/mol. The van der Waals surface area contributed by atoms with E-state index in [2.05, 4.69) is 20.6 Å². The zero-order chi connectivity index (χ0) is 14.0. The number of carbonyl (C=O) groups excluding carboxylic acids is 2. The third kappa shape index (κ3) is 2.89. The number of fused-ring (bicyclic) bond motifs is 1. The second-order valence-electron chi connectivity index (χ2n) is 4.88.